The van der Waals surface area contributed by atoms with E-state index in [1.807, 2.05) is 0 Å². The number of methoxy groups -OCH3 is 1. The van der Waals surface area contributed by atoms with Gasteiger partial charge in [-0.2, -0.15) is 0 Å². The minimum Gasteiger partial charge on any atom is -0.467 e. The molecule has 54 heavy (non-hydrogen) atoms. The van der Waals surface area contributed by atoms with Gasteiger partial charge in [-0.25, -0.2) is 9.59 Å². The minimum atomic E-state index is -1.89. The van der Waals surface area contributed by atoms with Crippen LogP contribution >= 0.6 is 0 Å². The summed E-state index contributed by atoms with van der Waals surface area (Å²) in [6.07, 6.45) is -15.5. The molecule has 292 valence electrons. The minimum absolute atomic E-state index is 0.00366. The van der Waals surface area contributed by atoms with Gasteiger partial charge in [-0.15, -0.1) is 0 Å². The number of benzene rings is 1. The number of carbonyl (C=O) groups excluding carboxylic acids is 6. The Morgan fingerprint density at radius 2 is 1.39 bits per heavy atom. The average Bonchev–Trinajstić information content (AvgIpc) is 3.07. The van der Waals surface area contributed by atoms with Crippen LogP contribution in [0.1, 0.15) is 40.2 Å². The first kappa shape index (κ1) is 41.0. The van der Waals surface area contributed by atoms with E-state index in [4.69, 9.17) is 51.8 Å². The maximum absolute atomic E-state index is 13.4. The molecule has 21 heteroatoms. The van der Waals surface area contributed by atoms with E-state index in [0.717, 1.165) is 41.7 Å². The fourth-order valence-electron chi connectivity index (χ4n) is 5.85. The predicted octanol–water partition coefficient (Wildman–Crippen LogP) is 1.46. The van der Waals surface area contributed by atoms with Crippen LogP contribution in [0.2, 0.25) is 0 Å². The zero-order valence-corrected chi connectivity index (χ0v) is 30.0. The predicted molar refractivity (Wildman–Crippen MR) is 174 cm³/mol. The molecular formula is C33H37N3O18. The van der Waals surface area contributed by atoms with Gasteiger partial charge < -0.3 is 51.8 Å². The first-order chi connectivity index (χ1) is 25.5. The van der Waals surface area contributed by atoms with Crippen LogP contribution in [-0.2, 0) is 71.4 Å². The van der Waals surface area contributed by atoms with Crippen molar-refractivity contribution in [2.24, 2.45) is 5.11 Å². The molecule has 0 spiro atoms. The molecule has 0 amide bonds. The first-order valence-corrected chi connectivity index (χ1v) is 16.1. The van der Waals surface area contributed by atoms with E-state index in [1.165, 1.54) is 18.2 Å². The van der Waals surface area contributed by atoms with Gasteiger partial charge in [0, 0.05) is 57.0 Å². The molecular weight excluding hydrogens is 726 g/mol. The molecule has 21 nitrogen and oxygen atoms in total. The smallest absolute Gasteiger partial charge is 0.338 e. The molecule has 2 saturated heterocycles. The molecule has 0 radical (unpaired) electrons. The molecule has 3 heterocycles. The highest BCUT2D eigenvalue weighted by Gasteiger charge is 2.58. The van der Waals surface area contributed by atoms with E-state index in [9.17, 15) is 39.1 Å². The van der Waals surface area contributed by atoms with Gasteiger partial charge in [0.05, 0.1) is 7.11 Å². The number of fused-ring (bicyclic) bond motifs is 1. The number of nitrogens with zero attached hydrogens (tertiary/aromatic N) is 3. The average molecular weight is 764 g/mol. The van der Waals surface area contributed by atoms with E-state index in [1.54, 1.807) is 13.0 Å². The molecule has 2 aromatic rings. The Morgan fingerprint density at radius 3 is 1.98 bits per heavy atom. The normalized spacial score (nSPS) is 27.7. The number of carbonyl (C=O) groups is 6. The van der Waals surface area contributed by atoms with Gasteiger partial charge >= 0.3 is 41.4 Å². The molecule has 6 unspecified atom stereocenters. The van der Waals surface area contributed by atoms with E-state index in [2.05, 4.69) is 10.0 Å². The second-order valence-electron chi connectivity index (χ2n) is 11.9. The van der Waals surface area contributed by atoms with E-state index in [0.29, 0.717) is 10.9 Å². The van der Waals surface area contributed by atoms with Crippen LogP contribution in [0.5, 0.6) is 5.75 Å². The lowest BCUT2D eigenvalue weighted by molar-refractivity contribution is -0.333. The van der Waals surface area contributed by atoms with Gasteiger partial charge in [0.1, 0.15) is 36.2 Å². The summed E-state index contributed by atoms with van der Waals surface area (Å²) in [5.41, 5.74) is 9.62. The number of esters is 6. The summed E-state index contributed by atoms with van der Waals surface area (Å²) >= 11 is 0. The molecule has 0 N–H and O–H groups in total. The molecule has 10 atom stereocenters. The van der Waals surface area contributed by atoms with Crippen molar-refractivity contribution in [1.82, 2.24) is 0 Å². The summed E-state index contributed by atoms with van der Waals surface area (Å²) in [5, 5.41) is 4.22. The summed E-state index contributed by atoms with van der Waals surface area (Å²) in [6.45, 7) is 6.23. The third kappa shape index (κ3) is 10.0. The Kier molecular flexibility index (Phi) is 13.5. The topological polar surface area (TPSA) is 274 Å². The number of ether oxygens (including phenoxy) is 10. The van der Waals surface area contributed by atoms with Crippen molar-refractivity contribution >= 4 is 46.8 Å². The van der Waals surface area contributed by atoms with Crippen LogP contribution in [0, 0.1) is 6.92 Å². The molecule has 0 aliphatic carbocycles. The van der Waals surface area contributed by atoms with Crippen molar-refractivity contribution in [3.05, 3.63) is 50.7 Å². The Bertz CT molecular complexity index is 1870. The highest BCUT2D eigenvalue weighted by molar-refractivity contribution is 5.81. The van der Waals surface area contributed by atoms with Gasteiger partial charge in [-0.1, -0.05) is 5.11 Å². The van der Waals surface area contributed by atoms with Crippen molar-refractivity contribution in [2.75, 3.05) is 13.7 Å². The zero-order valence-electron chi connectivity index (χ0n) is 30.0. The largest absolute Gasteiger partial charge is 0.467 e. The Hall–Kier alpha value is -5.76. The molecule has 2 aliphatic heterocycles. The van der Waals surface area contributed by atoms with Crippen molar-refractivity contribution in [3.8, 4) is 5.75 Å². The van der Waals surface area contributed by atoms with E-state index >= 15 is 0 Å². The van der Waals surface area contributed by atoms with Gasteiger partial charge in [0.25, 0.3) is 0 Å². The number of aryl methyl sites for hydroxylation is 1. The summed E-state index contributed by atoms with van der Waals surface area (Å²) < 4.78 is 61.3. The van der Waals surface area contributed by atoms with Crippen LogP contribution < -0.4 is 10.4 Å². The second-order valence-corrected chi connectivity index (χ2v) is 11.9. The van der Waals surface area contributed by atoms with Gasteiger partial charge in [0.2, 0.25) is 12.4 Å². The van der Waals surface area contributed by atoms with E-state index in [-0.39, 0.29) is 11.3 Å². The van der Waals surface area contributed by atoms with Crippen LogP contribution in [0.4, 0.5) is 0 Å². The molecule has 4 rings (SSSR count). The maximum atomic E-state index is 13.4. The molecule has 2 fully saturated rings. The molecule has 0 bridgehead atoms. The monoisotopic (exact) mass is 763 g/mol. The van der Waals surface area contributed by atoms with Crippen molar-refractivity contribution < 1.29 is 80.6 Å². The maximum Gasteiger partial charge on any atom is 0.338 e. The summed E-state index contributed by atoms with van der Waals surface area (Å²) in [7, 11) is 1.00. The zero-order chi connectivity index (χ0) is 39.9. The third-order valence-electron chi connectivity index (χ3n) is 7.85. The van der Waals surface area contributed by atoms with Crippen LogP contribution in [0.3, 0.4) is 0 Å². The van der Waals surface area contributed by atoms with Crippen molar-refractivity contribution in [1.29, 1.82) is 0 Å². The van der Waals surface area contributed by atoms with Gasteiger partial charge in [-0.3, -0.25) is 24.0 Å². The third-order valence-corrected chi connectivity index (χ3v) is 7.85. The Morgan fingerprint density at radius 1 is 0.778 bits per heavy atom. The van der Waals surface area contributed by atoms with Crippen LogP contribution in [0.25, 0.3) is 21.4 Å². The highest BCUT2D eigenvalue weighted by Crippen LogP contribution is 2.36. The second kappa shape index (κ2) is 17.8. The fraction of sp³-hybridized carbons (Fsp3) is 0.545. The van der Waals surface area contributed by atoms with Crippen LogP contribution in [0.15, 0.2) is 38.6 Å². The van der Waals surface area contributed by atoms with Gasteiger partial charge in [0.15, 0.2) is 30.7 Å². The molecule has 0 saturated carbocycles. The lowest BCUT2D eigenvalue weighted by Crippen LogP contribution is -2.67. The number of rotatable bonds is 12. The SMILES string of the molecule is COC(=O)C1O[C@@H](Oc2ccc3c(C)cc(=O)oc3c2)C(OC(C)=O)C(OC(C)=O)[C@@H]1O[C@H]1OC(COC(C)=O)[C@@H](OC(C)=O)C(OC(C)=O)C1N=[N+]=[N-]. The number of hydrogen-bond donors (Lipinski definition) is 0. The Labute approximate surface area is 305 Å². The molecule has 1 aromatic carbocycles. The van der Waals surface area contributed by atoms with Gasteiger partial charge in [-0.05, 0) is 30.2 Å². The lowest BCUT2D eigenvalue weighted by atomic mass is 9.95. The molecule has 1 aromatic heterocycles. The first-order valence-electron chi connectivity index (χ1n) is 16.1. The van der Waals surface area contributed by atoms with Crippen molar-refractivity contribution in [2.45, 2.75) is 103 Å². The quantitative estimate of drug-likeness (QED) is 0.0739. The summed E-state index contributed by atoms with van der Waals surface area (Å²) in [4.78, 5) is 89.4. The Balaban J connectivity index is 1.82. The molecule has 2 aliphatic rings. The summed E-state index contributed by atoms with van der Waals surface area (Å²) in [6, 6.07) is 3.97. The van der Waals surface area contributed by atoms with Crippen molar-refractivity contribution in [3.63, 3.8) is 0 Å². The fourth-order valence-corrected chi connectivity index (χ4v) is 5.85. The summed E-state index contributed by atoms with van der Waals surface area (Å²) in [5.74, 6) is -5.61. The highest BCUT2D eigenvalue weighted by atomic mass is 16.8. The van der Waals surface area contributed by atoms with E-state index < -0.39 is 109 Å². The lowest BCUT2D eigenvalue weighted by Gasteiger charge is -2.47. The standard InChI is InChI=1S/C33H37N3O18/c1-13-10-23(42)51-21-11-19(8-9-20(13)21)50-33-30(49-18(6)41)28(48-17(5)40)27(29(54-33)31(43)44-7)53-32-24(35-36-34)26(47-16(4)39)25(46-15(3)38)22(52-32)12-45-14(2)37/h8-11,22,24-30,32-33H,12H2,1-7H3/t22?,24?,25-,26?,27+,28?,29?,30?,32-,33-/m1/s1. The number of hydrogen-bond acceptors (Lipinski definition) is 19. The number of azide groups is 1. The van der Waals surface area contributed by atoms with Crippen LogP contribution in [-0.4, -0.2) is 111 Å².